The molecule has 2 heterocycles. The van der Waals surface area contributed by atoms with Crippen LogP contribution in [-0.2, 0) is 4.74 Å². The molecule has 0 radical (unpaired) electrons. The van der Waals surface area contributed by atoms with E-state index in [1.807, 2.05) is 0 Å². The maximum Gasteiger partial charge on any atom is 0.310 e. The number of ether oxygens (including phenoxy) is 1. The fraction of sp³-hybridized carbons (Fsp3) is 0.571. The first-order valence-electron chi connectivity index (χ1n) is 7.16. The van der Waals surface area contributed by atoms with Crippen molar-refractivity contribution in [3.63, 3.8) is 0 Å². The number of nitro groups is 1. The Labute approximate surface area is 128 Å². The Morgan fingerprint density at radius 1 is 1.29 bits per heavy atom. The van der Waals surface area contributed by atoms with E-state index in [0.29, 0.717) is 11.7 Å². The number of nitro benzene ring substituents is 1. The third kappa shape index (κ3) is 2.97. The van der Waals surface area contributed by atoms with E-state index in [9.17, 15) is 10.1 Å². The molecule has 2 fully saturated rings. The van der Waals surface area contributed by atoms with Gasteiger partial charge in [0.2, 0.25) is 0 Å². The zero-order valence-corrected chi connectivity index (χ0v) is 12.5. The molecule has 2 aliphatic heterocycles. The van der Waals surface area contributed by atoms with Gasteiger partial charge in [0.25, 0.3) is 0 Å². The molecule has 0 spiro atoms. The van der Waals surface area contributed by atoms with Gasteiger partial charge in [-0.1, -0.05) is 17.7 Å². The fourth-order valence-electron chi connectivity index (χ4n) is 3.14. The van der Waals surface area contributed by atoms with Crippen molar-refractivity contribution in [2.75, 3.05) is 44.3 Å². The minimum atomic E-state index is -0.389. The van der Waals surface area contributed by atoms with Gasteiger partial charge in [-0.15, -0.1) is 0 Å². The van der Waals surface area contributed by atoms with Crippen molar-refractivity contribution in [1.82, 2.24) is 4.90 Å². The monoisotopic (exact) mass is 311 g/mol. The van der Waals surface area contributed by atoms with Gasteiger partial charge >= 0.3 is 5.69 Å². The molecule has 114 valence electrons. The molecule has 21 heavy (non-hydrogen) atoms. The van der Waals surface area contributed by atoms with Crippen LogP contribution in [0.25, 0.3) is 0 Å². The molecule has 1 atom stereocenters. The van der Waals surface area contributed by atoms with Crippen LogP contribution in [0.1, 0.15) is 6.42 Å². The van der Waals surface area contributed by atoms with Gasteiger partial charge in [0.1, 0.15) is 10.7 Å². The molecular weight excluding hydrogens is 294 g/mol. The van der Waals surface area contributed by atoms with Gasteiger partial charge in [-0.3, -0.25) is 15.0 Å². The highest BCUT2D eigenvalue weighted by atomic mass is 35.5. The summed E-state index contributed by atoms with van der Waals surface area (Å²) in [5.74, 6) is 0. The average molecular weight is 312 g/mol. The van der Waals surface area contributed by atoms with Crippen molar-refractivity contribution in [3.8, 4) is 0 Å². The van der Waals surface area contributed by atoms with Crippen LogP contribution >= 0.6 is 11.6 Å². The van der Waals surface area contributed by atoms with Crippen LogP contribution in [0, 0.1) is 10.1 Å². The minimum absolute atomic E-state index is 0.0156. The lowest BCUT2D eigenvalue weighted by Gasteiger charge is -2.32. The summed E-state index contributed by atoms with van der Waals surface area (Å²) in [6, 6.07) is 5.56. The topological polar surface area (TPSA) is 58.9 Å². The number of morpholine rings is 1. The van der Waals surface area contributed by atoms with Crippen molar-refractivity contribution in [3.05, 3.63) is 33.3 Å². The number of rotatable bonds is 3. The van der Waals surface area contributed by atoms with E-state index in [1.54, 1.807) is 18.2 Å². The molecule has 0 bridgehead atoms. The van der Waals surface area contributed by atoms with Crippen LogP contribution < -0.4 is 4.90 Å². The SMILES string of the molecule is O=[N+]([O-])c1c(Cl)cccc1N1CCC(N2CCOCC2)C1. The largest absolute Gasteiger partial charge is 0.379 e. The van der Waals surface area contributed by atoms with E-state index >= 15 is 0 Å². The van der Waals surface area contributed by atoms with Crippen molar-refractivity contribution < 1.29 is 9.66 Å². The molecule has 0 amide bonds. The minimum Gasteiger partial charge on any atom is -0.379 e. The summed E-state index contributed by atoms with van der Waals surface area (Å²) in [5.41, 5.74) is 0.644. The molecule has 0 aliphatic carbocycles. The number of hydrogen-bond acceptors (Lipinski definition) is 5. The Morgan fingerprint density at radius 2 is 2.05 bits per heavy atom. The maximum absolute atomic E-state index is 11.3. The van der Waals surface area contributed by atoms with Crippen LogP contribution in [0.3, 0.4) is 0 Å². The smallest absolute Gasteiger partial charge is 0.310 e. The average Bonchev–Trinajstić information content (AvgIpc) is 2.97. The molecule has 1 aromatic carbocycles. The summed E-state index contributed by atoms with van der Waals surface area (Å²) in [4.78, 5) is 15.4. The van der Waals surface area contributed by atoms with Crippen LogP contribution in [0.5, 0.6) is 0 Å². The molecule has 2 aliphatic rings. The second kappa shape index (κ2) is 6.17. The molecule has 0 saturated carbocycles. The number of nitrogens with zero attached hydrogens (tertiary/aromatic N) is 3. The molecule has 1 aromatic rings. The first kappa shape index (κ1) is 14.6. The molecule has 0 aromatic heterocycles. The van der Waals surface area contributed by atoms with Gasteiger partial charge in [-0.25, -0.2) is 0 Å². The van der Waals surface area contributed by atoms with E-state index in [4.69, 9.17) is 16.3 Å². The van der Waals surface area contributed by atoms with Gasteiger partial charge in [0, 0.05) is 32.2 Å². The molecule has 2 saturated heterocycles. The molecule has 3 rings (SSSR count). The van der Waals surface area contributed by atoms with Crippen molar-refractivity contribution in [2.45, 2.75) is 12.5 Å². The molecular formula is C14H18ClN3O3. The normalized spacial score (nSPS) is 23.5. The number of hydrogen-bond donors (Lipinski definition) is 0. The molecule has 0 N–H and O–H groups in total. The predicted octanol–water partition coefficient (Wildman–Crippen LogP) is 2.16. The zero-order valence-electron chi connectivity index (χ0n) is 11.7. The zero-order chi connectivity index (χ0) is 14.8. The number of halogens is 1. The van der Waals surface area contributed by atoms with E-state index in [0.717, 1.165) is 45.8 Å². The van der Waals surface area contributed by atoms with Crippen LogP contribution in [0.2, 0.25) is 5.02 Å². The van der Waals surface area contributed by atoms with Gasteiger partial charge in [0.05, 0.1) is 18.1 Å². The lowest BCUT2D eigenvalue weighted by molar-refractivity contribution is -0.384. The third-order valence-electron chi connectivity index (χ3n) is 4.21. The Morgan fingerprint density at radius 3 is 2.76 bits per heavy atom. The quantitative estimate of drug-likeness (QED) is 0.632. The van der Waals surface area contributed by atoms with E-state index < -0.39 is 0 Å². The summed E-state index contributed by atoms with van der Waals surface area (Å²) in [6.45, 7) is 5.05. The summed E-state index contributed by atoms with van der Waals surface area (Å²) in [5, 5.41) is 11.5. The van der Waals surface area contributed by atoms with Gasteiger partial charge in [-0.2, -0.15) is 0 Å². The van der Waals surface area contributed by atoms with E-state index in [-0.39, 0.29) is 15.6 Å². The van der Waals surface area contributed by atoms with Crippen LogP contribution in [-0.4, -0.2) is 55.3 Å². The molecule has 7 heteroatoms. The van der Waals surface area contributed by atoms with Crippen molar-refractivity contribution in [2.24, 2.45) is 0 Å². The Hall–Kier alpha value is -1.37. The lowest BCUT2D eigenvalue weighted by Crippen LogP contribution is -2.44. The summed E-state index contributed by atoms with van der Waals surface area (Å²) >= 11 is 5.99. The predicted molar refractivity (Wildman–Crippen MR) is 81.1 cm³/mol. The standard InChI is InChI=1S/C14H18ClN3O3/c15-12-2-1-3-13(14(12)18(19)20)17-5-4-11(10-17)16-6-8-21-9-7-16/h1-3,11H,4-10H2. The maximum atomic E-state index is 11.3. The Kier molecular flexibility index (Phi) is 4.28. The second-order valence-electron chi connectivity index (χ2n) is 5.40. The molecule has 6 nitrogen and oxygen atoms in total. The highest BCUT2D eigenvalue weighted by Crippen LogP contribution is 2.37. The second-order valence-corrected chi connectivity index (χ2v) is 5.81. The summed E-state index contributed by atoms with van der Waals surface area (Å²) in [7, 11) is 0. The number of benzene rings is 1. The number of para-hydroxylation sites is 1. The lowest BCUT2D eigenvalue weighted by atomic mass is 10.2. The number of anilines is 1. The third-order valence-corrected chi connectivity index (χ3v) is 4.52. The van der Waals surface area contributed by atoms with Gasteiger partial charge in [0.15, 0.2) is 0 Å². The first-order valence-corrected chi connectivity index (χ1v) is 7.54. The fourth-order valence-corrected chi connectivity index (χ4v) is 3.38. The van der Waals surface area contributed by atoms with Crippen LogP contribution in [0.4, 0.5) is 11.4 Å². The highest BCUT2D eigenvalue weighted by Gasteiger charge is 2.32. The van der Waals surface area contributed by atoms with Crippen molar-refractivity contribution in [1.29, 1.82) is 0 Å². The molecule has 1 unspecified atom stereocenters. The summed E-state index contributed by atoms with van der Waals surface area (Å²) < 4.78 is 5.38. The Bertz CT molecular complexity index is 534. The summed E-state index contributed by atoms with van der Waals surface area (Å²) in [6.07, 6.45) is 1.02. The highest BCUT2D eigenvalue weighted by molar-refractivity contribution is 6.33. The van der Waals surface area contributed by atoms with Crippen molar-refractivity contribution >= 4 is 23.0 Å². The van der Waals surface area contributed by atoms with Gasteiger partial charge in [-0.05, 0) is 18.6 Å². The van der Waals surface area contributed by atoms with E-state index in [1.165, 1.54) is 0 Å². The Balaban J connectivity index is 1.77. The van der Waals surface area contributed by atoms with E-state index in [2.05, 4.69) is 9.80 Å². The van der Waals surface area contributed by atoms with Crippen LogP contribution in [0.15, 0.2) is 18.2 Å². The first-order chi connectivity index (χ1) is 10.2. The van der Waals surface area contributed by atoms with Gasteiger partial charge < -0.3 is 9.64 Å².